The number of carbonyl (C=O) groups excluding carboxylic acids is 1. The summed E-state index contributed by atoms with van der Waals surface area (Å²) in [5, 5.41) is 5.20. The molecule has 1 aliphatic carbocycles. The molecular formula is C14H11F3N4O. The van der Waals surface area contributed by atoms with Gasteiger partial charge < -0.3 is 10.6 Å². The zero-order valence-corrected chi connectivity index (χ0v) is 11.2. The maximum Gasteiger partial charge on any atom is 0.254 e. The van der Waals surface area contributed by atoms with Crippen LogP contribution in [0.15, 0.2) is 24.5 Å². The topological polar surface area (TPSA) is 66.9 Å². The van der Waals surface area contributed by atoms with E-state index in [0.717, 1.165) is 25.0 Å². The number of amides is 1. The molecule has 0 saturated heterocycles. The van der Waals surface area contributed by atoms with Crippen molar-refractivity contribution in [1.82, 2.24) is 15.3 Å². The molecule has 0 bridgehead atoms. The van der Waals surface area contributed by atoms with Gasteiger partial charge in [0, 0.05) is 18.4 Å². The molecule has 0 unspecified atom stereocenters. The Morgan fingerprint density at radius 3 is 2.41 bits per heavy atom. The lowest BCUT2D eigenvalue weighted by Crippen LogP contribution is -2.25. The van der Waals surface area contributed by atoms with Crippen molar-refractivity contribution >= 4 is 17.5 Å². The highest BCUT2D eigenvalue weighted by molar-refractivity contribution is 5.94. The minimum absolute atomic E-state index is 0.0344. The Morgan fingerprint density at radius 1 is 1.09 bits per heavy atom. The first-order chi connectivity index (χ1) is 10.5. The van der Waals surface area contributed by atoms with E-state index < -0.39 is 17.5 Å². The molecule has 0 spiro atoms. The number of halogens is 3. The maximum absolute atomic E-state index is 13.5. The Bertz CT molecular complexity index is 717. The summed E-state index contributed by atoms with van der Waals surface area (Å²) in [4.78, 5) is 19.4. The smallest absolute Gasteiger partial charge is 0.254 e. The van der Waals surface area contributed by atoms with E-state index in [2.05, 4.69) is 20.6 Å². The molecule has 0 aliphatic heterocycles. The highest BCUT2D eigenvalue weighted by Crippen LogP contribution is 2.22. The summed E-state index contributed by atoms with van der Waals surface area (Å²) in [6.07, 6.45) is 4.46. The Labute approximate surface area is 123 Å². The molecule has 114 valence electrons. The molecule has 1 aromatic carbocycles. The van der Waals surface area contributed by atoms with Crippen LogP contribution in [0.1, 0.15) is 23.2 Å². The molecule has 8 heteroatoms. The fourth-order valence-electron chi connectivity index (χ4n) is 1.75. The van der Waals surface area contributed by atoms with E-state index in [9.17, 15) is 18.0 Å². The van der Waals surface area contributed by atoms with E-state index in [4.69, 9.17) is 0 Å². The summed E-state index contributed by atoms with van der Waals surface area (Å²) in [5.41, 5.74) is -0.0303. The van der Waals surface area contributed by atoms with Gasteiger partial charge >= 0.3 is 0 Å². The highest BCUT2D eigenvalue weighted by Gasteiger charge is 2.24. The molecule has 5 nitrogen and oxygen atoms in total. The van der Waals surface area contributed by atoms with Crippen molar-refractivity contribution in [3.63, 3.8) is 0 Å². The second-order valence-electron chi connectivity index (χ2n) is 4.89. The standard InChI is InChI=1S/C14H11F3N4O/c15-9-3-4-10(12(17)11(9)16)21-14-18-5-7(6-19-14)13(22)20-8-1-2-8/h3-6,8H,1-2H2,(H,20,22)(H,18,19,21). The maximum atomic E-state index is 13.5. The second-order valence-corrected chi connectivity index (χ2v) is 4.89. The number of aromatic nitrogens is 2. The van der Waals surface area contributed by atoms with E-state index in [-0.39, 0.29) is 29.1 Å². The first-order valence-electron chi connectivity index (χ1n) is 6.58. The number of nitrogens with zero attached hydrogens (tertiary/aromatic N) is 2. The van der Waals surface area contributed by atoms with E-state index >= 15 is 0 Å². The average molecular weight is 308 g/mol. The number of nitrogens with one attached hydrogen (secondary N) is 2. The molecule has 2 aromatic rings. The summed E-state index contributed by atoms with van der Waals surface area (Å²) >= 11 is 0. The summed E-state index contributed by atoms with van der Waals surface area (Å²) in [6, 6.07) is 2.03. The van der Waals surface area contributed by atoms with Crippen LogP contribution in [0.5, 0.6) is 0 Å². The van der Waals surface area contributed by atoms with Crippen molar-refractivity contribution in [2.45, 2.75) is 18.9 Å². The lowest BCUT2D eigenvalue weighted by Gasteiger charge is -2.07. The SMILES string of the molecule is O=C(NC1CC1)c1cnc(Nc2ccc(F)c(F)c2F)nc1. The minimum atomic E-state index is -1.58. The third kappa shape index (κ3) is 3.00. The van der Waals surface area contributed by atoms with Gasteiger partial charge in [0.25, 0.3) is 5.91 Å². The van der Waals surface area contributed by atoms with Crippen LogP contribution in [-0.2, 0) is 0 Å². The first kappa shape index (κ1) is 14.3. The van der Waals surface area contributed by atoms with Gasteiger partial charge in [-0.25, -0.2) is 23.1 Å². The van der Waals surface area contributed by atoms with Gasteiger partial charge in [0.2, 0.25) is 5.95 Å². The van der Waals surface area contributed by atoms with Crippen molar-refractivity contribution in [3.05, 3.63) is 47.5 Å². The number of carbonyl (C=O) groups is 1. The van der Waals surface area contributed by atoms with Crippen molar-refractivity contribution < 1.29 is 18.0 Å². The highest BCUT2D eigenvalue weighted by atomic mass is 19.2. The molecule has 0 atom stereocenters. The van der Waals surface area contributed by atoms with Crippen LogP contribution in [-0.4, -0.2) is 21.9 Å². The van der Waals surface area contributed by atoms with Crippen LogP contribution in [0, 0.1) is 17.5 Å². The zero-order chi connectivity index (χ0) is 15.7. The number of benzene rings is 1. The number of anilines is 2. The Kier molecular flexibility index (Phi) is 3.66. The third-order valence-electron chi connectivity index (χ3n) is 3.11. The summed E-state index contributed by atoms with van der Waals surface area (Å²) in [7, 11) is 0. The number of hydrogen-bond donors (Lipinski definition) is 2. The quantitative estimate of drug-likeness (QED) is 0.852. The molecule has 1 saturated carbocycles. The molecular weight excluding hydrogens is 297 g/mol. The second kappa shape index (κ2) is 5.63. The van der Waals surface area contributed by atoms with Crippen molar-refractivity contribution in [2.75, 3.05) is 5.32 Å². The van der Waals surface area contributed by atoms with Crippen molar-refractivity contribution in [3.8, 4) is 0 Å². The number of hydrogen-bond acceptors (Lipinski definition) is 4. The van der Waals surface area contributed by atoms with E-state index in [1.165, 1.54) is 12.4 Å². The fraction of sp³-hybridized carbons (Fsp3) is 0.214. The van der Waals surface area contributed by atoms with Gasteiger partial charge in [0.15, 0.2) is 17.5 Å². The Balaban J connectivity index is 1.73. The normalized spacial score (nSPS) is 13.8. The summed E-state index contributed by atoms with van der Waals surface area (Å²) in [5.74, 6) is -4.54. The largest absolute Gasteiger partial charge is 0.349 e. The van der Waals surface area contributed by atoms with Crippen LogP contribution in [0.4, 0.5) is 24.8 Å². The molecule has 2 N–H and O–H groups in total. The van der Waals surface area contributed by atoms with Gasteiger partial charge in [-0.1, -0.05) is 0 Å². The van der Waals surface area contributed by atoms with Crippen LogP contribution in [0.25, 0.3) is 0 Å². The molecule has 1 aromatic heterocycles. The van der Waals surface area contributed by atoms with Crippen LogP contribution in [0.2, 0.25) is 0 Å². The predicted octanol–water partition coefficient (Wildman–Crippen LogP) is 2.53. The van der Waals surface area contributed by atoms with Gasteiger partial charge in [0.05, 0.1) is 11.3 Å². The van der Waals surface area contributed by atoms with Crippen molar-refractivity contribution in [2.24, 2.45) is 0 Å². The summed E-state index contributed by atoms with van der Waals surface area (Å²) < 4.78 is 39.4. The van der Waals surface area contributed by atoms with Crippen LogP contribution in [0.3, 0.4) is 0 Å². The van der Waals surface area contributed by atoms with Gasteiger partial charge in [-0.3, -0.25) is 4.79 Å². The van der Waals surface area contributed by atoms with E-state index in [1.54, 1.807) is 0 Å². The average Bonchev–Trinajstić information content (AvgIpc) is 3.32. The van der Waals surface area contributed by atoms with Gasteiger partial charge in [-0.15, -0.1) is 0 Å². The lowest BCUT2D eigenvalue weighted by molar-refractivity contribution is 0.0950. The van der Waals surface area contributed by atoms with Gasteiger partial charge in [-0.05, 0) is 25.0 Å². The predicted molar refractivity (Wildman–Crippen MR) is 72.1 cm³/mol. The molecule has 1 aliphatic rings. The monoisotopic (exact) mass is 308 g/mol. The Hall–Kier alpha value is -2.64. The molecule has 22 heavy (non-hydrogen) atoms. The van der Waals surface area contributed by atoms with Crippen LogP contribution < -0.4 is 10.6 Å². The van der Waals surface area contributed by atoms with Crippen molar-refractivity contribution in [1.29, 1.82) is 0 Å². The first-order valence-corrected chi connectivity index (χ1v) is 6.58. The molecule has 1 amide bonds. The molecule has 1 fully saturated rings. The summed E-state index contributed by atoms with van der Waals surface area (Å²) in [6.45, 7) is 0. The number of rotatable bonds is 4. The fourth-order valence-corrected chi connectivity index (χ4v) is 1.75. The molecule has 3 rings (SSSR count). The minimum Gasteiger partial charge on any atom is -0.349 e. The van der Waals surface area contributed by atoms with Gasteiger partial charge in [0.1, 0.15) is 0 Å². The molecule has 1 heterocycles. The molecule has 0 radical (unpaired) electrons. The zero-order valence-electron chi connectivity index (χ0n) is 11.2. The van der Waals surface area contributed by atoms with Crippen LogP contribution >= 0.6 is 0 Å². The van der Waals surface area contributed by atoms with Gasteiger partial charge in [-0.2, -0.15) is 0 Å². The van der Waals surface area contributed by atoms with E-state index in [1.807, 2.05) is 0 Å². The Morgan fingerprint density at radius 2 is 1.77 bits per heavy atom. The lowest BCUT2D eigenvalue weighted by atomic mass is 10.3. The third-order valence-corrected chi connectivity index (χ3v) is 3.11. The van der Waals surface area contributed by atoms with E-state index in [0.29, 0.717) is 0 Å².